The molecule has 3 rings (SSSR count). The molecule has 1 heterocycles. The Morgan fingerprint density at radius 1 is 0.875 bits per heavy atom. The summed E-state index contributed by atoms with van der Waals surface area (Å²) in [5.74, 6) is 0.207. The number of benzene rings is 2. The Hall–Kier alpha value is -2.22. The van der Waals surface area contributed by atoms with E-state index in [0.717, 1.165) is 22.0 Å². The van der Waals surface area contributed by atoms with Gasteiger partial charge in [0.1, 0.15) is 0 Å². The summed E-state index contributed by atoms with van der Waals surface area (Å²) in [7, 11) is 0. The molecule has 1 aromatic heterocycles. The van der Waals surface area contributed by atoms with E-state index in [1.165, 1.54) is 0 Å². The first-order chi connectivity index (χ1) is 7.84. The molecule has 0 radical (unpaired) electrons. The Bertz CT molecular complexity index is 626. The van der Waals surface area contributed by atoms with Crippen LogP contribution in [0.3, 0.4) is 0 Å². The van der Waals surface area contributed by atoms with E-state index in [9.17, 15) is 5.11 Å². The minimum Gasteiger partial charge on any atom is -0.495 e. The van der Waals surface area contributed by atoms with Crippen molar-refractivity contribution in [3.63, 3.8) is 0 Å². The van der Waals surface area contributed by atoms with Crippen molar-refractivity contribution in [2.24, 2.45) is 0 Å². The van der Waals surface area contributed by atoms with Crippen molar-refractivity contribution in [1.29, 1.82) is 0 Å². The maximum absolute atomic E-state index is 9.47. The summed E-state index contributed by atoms with van der Waals surface area (Å²) in [5.41, 5.74) is 3.25. The summed E-state index contributed by atoms with van der Waals surface area (Å²) in [6, 6.07) is 17.9. The van der Waals surface area contributed by atoms with E-state index < -0.39 is 0 Å². The molecule has 2 aromatic carbocycles. The summed E-state index contributed by atoms with van der Waals surface area (Å²) in [6.07, 6.45) is 0. The van der Waals surface area contributed by atoms with E-state index in [4.69, 9.17) is 0 Å². The van der Waals surface area contributed by atoms with Gasteiger partial charge in [-0.2, -0.15) is 0 Å². The third kappa shape index (κ3) is 1.36. The van der Waals surface area contributed by atoms with Gasteiger partial charge in [0.25, 0.3) is 0 Å². The highest BCUT2D eigenvalue weighted by atomic mass is 16.3. The molecule has 0 aliphatic heterocycles. The van der Waals surface area contributed by atoms with Crippen LogP contribution in [0.4, 0.5) is 0 Å². The van der Waals surface area contributed by atoms with Crippen molar-refractivity contribution >= 4 is 10.9 Å². The van der Waals surface area contributed by atoms with Crippen molar-refractivity contribution < 1.29 is 5.11 Å². The average molecular weight is 209 g/mol. The van der Waals surface area contributed by atoms with Crippen LogP contribution in [-0.2, 0) is 0 Å². The largest absolute Gasteiger partial charge is 0.495 e. The topological polar surface area (TPSA) is 36.0 Å². The molecule has 2 N–H and O–H groups in total. The Kier molecular flexibility index (Phi) is 1.93. The van der Waals surface area contributed by atoms with E-state index >= 15 is 0 Å². The number of rotatable bonds is 1. The van der Waals surface area contributed by atoms with Crippen LogP contribution in [0.1, 0.15) is 0 Å². The van der Waals surface area contributed by atoms with E-state index in [0.29, 0.717) is 0 Å². The van der Waals surface area contributed by atoms with Gasteiger partial charge in [-0.3, -0.25) is 0 Å². The maximum atomic E-state index is 9.47. The number of H-pyrrole nitrogens is 1. The molecule has 0 atom stereocenters. The third-order valence-corrected chi connectivity index (χ3v) is 2.73. The molecule has 16 heavy (non-hydrogen) atoms. The number of nitrogens with one attached hydrogen (secondary N) is 1. The molecule has 0 bridgehead atoms. The first-order valence-electron chi connectivity index (χ1n) is 5.21. The highest BCUT2D eigenvalue weighted by Gasteiger charge is 2.05. The SMILES string of the molecule is Oc1cc2c(-c3ccccc3)cccc2[nH]1. The fourth-order valence-corrected chi connectivity index (χ4v) is 2.01. The van der Waals surface area contributed by atoms with Crippen LogP contribution in [0, 0.1) is 0 Å². The van der Waals surface area contributed by atoms with Gasteiger partial charge in [-0.1, -0.05) is 42.5 Å². The molecule has 78 valence electrons. The van der Waals surface area contributed by atoms with Gasteiger partial charge in [-0.25, -0.2) is 0 Å². The highest BCUT2D eigenvalue weighted by molar-refractivity contribution is 5.96. The summed E-state index contributed by atoms with van der Waals surface area (Å²) in [4.78, 5) is 2.92. The van der Waals surface area contributed by atoms with E-state index in [2.05, 4.69) is 23.2 Å². The van der Waals surface area contributed by atoms with E-state index in [-0.39, 0.29) is 5.88 Å². The fourth-order valence-electron chi connectivity index (χ4n) is 2.01. The molecule has 2 nitrogen and oxygen atoms in total. The van der Waals surface area contributed by atoms with Gasteiger partial charge in [0.15, 0.2) is 5.88 Å². The number of fused-ring (bicyclic) bond motifs is 1. The quantitative estimate of drug-likeness (QED) is 0.631. The van der Waals surface area contributed by atoms with Gasteiger partial charge in [0.2, 0.25) is 0 Å². The van der Waals surface area contributed by atoms with Gasteiger partial charge in [-0.05, 0) is 17.2 Å². The van der Waals surface area contributed by atoms with Crippen LogP contribution in [0.5, 0.6) is 5.88 Å². The standard InChI is InChI=1S/C14H11NO/c16-14-9-12-11(7-4-8-13(12)15-14)10-5-2-1-3-6-10/h1-9,15-16H. The van der Waals surface area contributed by atoms with Crippen LogP contribution < -0.4 is 0 Å². The maximum Gasteiger partial charge on any atom is 0.189 e. The molecule has 3 aromatic rings. The second kappa shape index (κ2) is 3.42. The number of hydrogen-bond acceptors (Lipinski definition) is 1. The average Bonchev–Trinajstić information content (AvgIpc) is 2.70. The third-order valence-electron chi connectivity index (χ3n) is 2.73. The number of aromatic hydroxyl groups is 1. The minimum atomic E-state index is 0.207. The first kappa shape index (κ1) is 9.04. The van der Waals surface area contributed by atoms with Crippen molar-refractivity contribution in [2.45, 2.75) is 0 Å². The lowest BCUT2D eigenvalue weighted by atomic mass is 10.0. The molecular weight excluding hydrogens is 198 g/mol. The van der Waals surface area contributed by atoms with Crippen LogP contribution >= 0.6 is 0 Å². The molecule has 0 aliphatic rings. The zero-order chi connectivity index (χ0) is 11.0. The molecule has 0 amide bonds. The van der Waals surface area contributed by atoms with Gasteiger partial charge in [0, 0.05) is 17.0 Å². The smallest absolute Gasteiger partial charge is 0.189 e. The zero-order valence-corrected chi connectivity index (χ0v) is 8.64. The predicted octanol–water partition coefficient (Wildman–Crippen LogP) is 3.54. The van der Waals surface area contributed by atoms with Crippen LogP contribution in [0.2, 0.25) is 0 Å². The highest BCUT2D eigenvalue weighted by Crippen LogP contribution is 2.30. The van der Waals surface area contributed by atoms with Crippen LogP contribution in [-0.4, -0.2) is 10.1 Å². The Morgan fingerprint density at radius 3 is 2.50 bits per heavy atom. The number of aromatic amines is 1. The lowest BCUT2D eigenvalue weighted by Crippen LogP contribution is -1.77. The second-order valence-corrected chi connectivity index (χ2v) is 3.79. The monoisotopic (exact) mass is 209 g/mol. The van der Waals surface area contributed by atoms with Gasteiger partial charge in [-0.15, -0.1) is 0 Å². The zero-order valence-electron chi connectivity index (χ0n) is 8.64. The summed E-state index contributed by atoms with van der Waals surface area (Å²) < 4.78 is 0. The predicted molar refractivity (Wildman–Crippen MR) is 65.4 cm³/mol. The second-order valence-electron chi connectivity index (χ2n) is 3.79. The lowest BCUT2D eigenvalue weighted by Gasteiger charge is -2.02. The van der Waals surface area contributed by atoms with E-state index in [1.807, 2.05) is 30.3 Å². The van der Waals surface area contributed by atoms with E-state index in [1.54, 1.807) is 6.07 Å². The first-order valence-corrected chi connectivity index (χ1v) is 5.21. The number of hydrogen-bond donors (Lipinski definition) is 2. The molecule has 2 heteroatoms. The van der Waals surface area contributed by atoms with Crippen molar-refractivity contribution in [1.82, 2.24) is 4.98 Å². The van der Waals surface area contributed by atoms with Crippen molar-refractivity contribution in [2.75, 3.05) is 0 Å². The lowest BCUT2D eigenvalue weighted by molar-refractivity contribution is 0.458. The van der Waals surface area contributed by atoms with Gasteiger partial charge in [0.05, 0.1) is 0 Å². The summed E-state index contributed by atoms with van der Waals surface area (Å²) in [6.45, 7) is 0. The Morgan fingerprint density at radius 2 is 1.69 bits per heavy atom. The van der Waals surface area contributed by atoms with Crippen LogP contribution in [0.25, 0.3) is 22.0 Å². The molecule has 0 fully saturated rings. The summed E-state index contributed by atoms with van der Waals surface area (Å²) in [5, 5.41) is 10.5. The van der Waals surface area contributed by atoms with Crippen molar-refractivity contribution in [3.8, 4) is 17.0 Å². The van der Waals surface area contributed by atoms with Gasteiger partial charge >= 0.3 is 0 Å². The van der Waals surface area contributed by atoms with Crippen molar-refractivity contribution in [3.05, 3.63) is 54.6 Å². The molecule has 0 aliphatic carbocycles. The minimum absolute atomic E-state index is 0.207. The van der Waals surface area contributed by atoms with Crippen LogP contribution in [0.15, 0.2) is 54.6 Å². The molecule has 0 saturated heterocycles. The Balaban J connectivity index is 2.31. The number of aromatic nitrogens is 1. The summed E-state index contributed by atoms with van der Waals surface area (Å²) >= 11 is 0. The Labute approximate surface area is 93.2 Å². The normalized spacial score (nSPS) is 10.8. The molecule has 0 unspecified atom stereocenters. The van der Waals surface area contributed by atoms with Gasteiger partial charge < -0.3 is 10.1 Å². The molecular formula is C14H11NO. The molecule has 0 saturated carbocycles. The fraction of sp³-hybridized carbons (Fsp3) is 0. The molecule has 0 spiro atoms.